The van der Waals surface area contributed by atoms with Gasteiger partial charge in [-0.1, -0.05) is 36.4 Å². The van der Waals surface area contributed by atoms with Gasteiger partial charge in [-0.05, 0) is 29.3 Å². The van der Waals surface area contributed by atoms with E-state index in [9.17, 15) is 9.90 Å². The molecule has 0 spiro atoms. The Balaban J connectivity index is 0.00000162. The zero-order valence-corrected chi connectivity index (χ0v) is 20.6. The van der Waals surface area contributed by atoms with Crippen molar-refractivity contribution in [1.82, 2.24) is 14.0 Å². The number of aryl methyl sites for hydroxylation is 1. The minimum absolute atomic E-state index is 0. The molecule has 0 unspecified atom stereocenters. The minimum Gasteiger partial charge on any atom is -0.489 e. The zero-order valence-electron chi connectivity index (χ0n) is 19.0. The first kappa shape index (κ1) is 25.8. The van der Waals surface area contributed by atoms with Crippen LogP contribution in [0, 0.1) is 0 Å². The molecule has 0 aliphatic carbocycles. The number of hydrogen-bond donors (Lipinski definition) is 1. The van der Waals surface area contributed by atoms with Gasteiger partial charge in [-0.25, -0.2) is 0 Å². The number of halogens is 2. The van der Waals surface area contributed by atoms with Gasteiger partial charge in [0.2, 0.25) is 0 Å². The molecule has 0 atom stereocenters. The summed E-state index contributed by atoms with van der Waals surface area (Å²) in [7, 11) is 2.09. The fraction of sp³-hybridized carbons (Fsp3) is 0.269. The first-order chi connectivity index (χ1) is 15.6. The first-order valence-corrected chi connectivity index (χ1v) is 11.0. The summed E-state index contributed by atoms with van der Waals surface area (Å²) in [5.41, 5.74) is 5.56. The van der Waals surface area contributed by atoms with E-state index in [4.69, 9.17) is 4.74 Å². The maximum Gasteiger partial charge on any atom is 0.258 e. The maximum atomic E-state index is 12.8. The summed E-state index contributed by atoms with van der Waals surface area (Å²) in [6.45, 7) is 3.10. The highest BCUT2D eigenvalue weighted by Crippen LogP contribution is 2.31. The van der Waals surface area contributed by atoms with E-state index in [1.165, 1.54) is 22.7 Å². The van der Waals surface area contributed by atoms with Gasteiger partial charge in [-0.2, -0.15) is 0 Å². The van der Waals surface area contributed by atoms with Crippen LogP contribution < -0.4 is 10.3 Å². The molecule has 4 aromatic rings. The molecule has 0 amide bonds. The Morgan fingerprint density at radius 3 is 2.56 bits per heavy atom. The van der Waals surface area contributed by atoms with E-state index in [0.29, 0.717) is 18.9 Å². The van der Waals surface area contributed by atoms with Gasteiger partial charge < -0.3 is 14.4 Å². The van der Waals surface area contributed by atoms with Gasteiger partial charge in [-0.15, -0.1) is 24.8 Å². The molecular weight excluding hydrogens is 473 g/mol. The molecule has 0 bridgehead atoms. The second-order valence-electron chi connectivity index (χ2n) is 8.28. The van der Waals surface area contributed by atoms with Crippen molar-refractivity contribution in [3.63, 3.8) is 0 Å². The van der Waals surface area contributed by atoms with E-state index >= 15 is 0 Å². The average Bonchev–Trinajstić information content (AvgIpc) is 3.10. The van der Waals surface area contributed by atoms with Gasteiger partial charge in [0.25, 0.3) is 5.56 Å². The highest BCUT2D eigenvalue weighted by Gasteiger charge is 2.22. The van der Waals surface area contributed by atoms with Gasteiger partial charge in [0.1, 0.15) is 12.4 Å². The average molecular weight is 502 g/mol. The van der Waals surface area contributed by atoms with Crippen LogP contribution in [0.2, 0.25) is 0 Å². The van der Waals surface area contributed by atoms with E-state index in [1.807, 2.05) is 42.5 Å². The van der Waals surface area contributed by atoms with Crippen LogP contribution in [0.4, 0.5) is 0 Å². The molecule has 2 aromatic carbocycles. The number of benzene rings is 2. The van der Waals surface area contributed by atoms with Crippen LogP contribution in [0.5, 0.6) is 5.75 Å². The molecular formula is C26H29Cl2N3O3. The van der Waals surface area contributed by atoms with Crippen LogP contribution in [0.25, 0.3) is 16.6 Å². The van der Waals surface area contributed by atoms with Crippen molar-refractivity contribution < 1.29 is 9.84 Å². The summed E-state index contributed by atoms with van der Waals surface area (Å²) in [6.07, 6.45) is 2.74. The SMILES string of the molecule is Cl.Cl.Cn1c2c(c3ccc(-n4ccc(OCc5ccccc5)cc4=O)cc31)CN(CCO)CC2. The fourth-order valence-corrected chi connectivity index (χ4v) is 4.60. The molecule has 1 N–H and O–H groups in total. The van der Waals surface area contributed by atoms with E-state index in [0.717, 1.165) is 36.3 Å². The highest BCUT2D eigenvalue weighted by molar-refractivity contribution is 5.87. The number of aliphatic hydroxyl groups is 1. The monoisotopic (exact) mass is 501 g/mol. The lowest BCUT2D eigenvalue weighted by molar-refractivity contribution is 0.184. The highest BCUT2D eigenvalue weighted by atomic mass is 35.5. The molecule has 1 aliphatic heterocycles. The summed E-state index contributed by atoms with van der Waals surface area (Å²) in [4.78, 5) is 15.1. The number of ether oxygens (including phenoxy) is 1. The molecule has 1 aliphatic rings. The molecule has 0 saturated carbocycles. The molecule has 6 nitrogen and oxygen atoms in total. The van der Waals surface area contributed by atoms with E-state index in [-0.39, 0.29) is 37.0 Å². The van der Waals surface area contributed by atoms with Crippen molar-refractivity contribution in [3.05, 3.63) is 94.0 Å². The van der Waals surface area contributed by atoms with Crippen molar-refractivity contribution >= 4 is 35.7 Å². The van der Waals surface area contributed by atoms with Crippen LogP contribution in [0.3, 0.4) is 0 Å². The van der Waals surface area contributed by atoms with Crippen molar-refractivity contribution in [2.45, 2.75) is 19.6 Å². The number of fused-ring (bicyclic) bond motifs is 3. The predicted molar refractivity (Wildman–Crippen MR) is 140 cm³/mol. The number of rotatable bonds is 6. The second-order valence-corrected chi connectivity index (χ2v) is 8.28. The Kier molecular flexibility index (Phi) is 8.44. The third-order valence-electron chi connectivity index (χ3n) is 6.30. The predicted octanol–water partition coefficient (Wildman–Crippen LogP) is 4.10. The molecule has 3 heterocycles. The lowest BCUT2D eigenvalue weighted by Crippen LogP contribution is -2.33. The molecule has 2 aromatic heterocycles. The third-order valence-corrected chi connectivity index (χ3v) is 6.30. The summed E-state index contributed by atoms with van der Waals surface area (Å²) in [5, 5.41) is 10.5. The van der Waals surface area contributed by atoms with Gasteiger partial charge >= 0.3 is 0 Å². The Morgan fingerprint density at radius 2 is 1.82 bits per heavy atom. The number of hydrogen-bond acceptors (Lipinski definition) is 4. The molecule has 180 valence electrons. The van der Waals surface area contributed by atoms with Crippen molar-refractivity contribution in [2.24, 2.45) is 7.05 Å². The molecule has 0 fully saturated rings. The normalized spacial score (nSPS) is 13.1. The number of aromatic nitrogens is 2. The Morgan fingerprint density at radius 1 is 1.03 bits per heavy atom. The van der Waals surface area contributed by atoms with Crippen LogP contribution in [0.15, 0.2) is 71.7 Å². The van der Waals surface area contributed by atoms with E-state index in [1.54, 1.807) is 10.8 Å². The number of aliphatic hydroxyl groups excluding tert-OH is 1. The lowest BCUT2D eigenvalue weighted by atomic mass is 10.0. The standard InChI is InChI=1S/C26H27N3O3.2ClH/c1-27-24-10-11-28(13-14-30)17-23(24)22-8-7-20(15-25(22)27)29-12-9-21(16-26(29)31)32-18-19-5-3-2-4-6-19;;/h2-9,12,15-16,30H,10-11,13-14,17-18H2,1H3;2*1H. The van der Waals surface area contributed by atoms with Crippen molar-refractivity contribution in [1.29, 1.82) is 0 Å². The van der Waals surface area contributed by atoms with Gasteiger partial charge in [0.05, 0.1) is 17.8 Å². The maximum absolute atomic E-state index is 12.8. The summed E-state index contributed by atoms with van der Waals surface area (Å²) in [6, 6.07) is 19.5. The van der Waals surface area contributed by atoms with Gasteiger partial charge in [0, 0.05) is 56.4 Å². The summed E-state index contributed by atoms with van der Waals surface area (Å²) < 4.78 is 9.69. The number of nitrogens with zero attached hydrogens (tertiary/aromatic N) is 3. The Bertz CT molecular complexity index is 1320. The van der Waals surface area contributed by atoms with Crippen LogP contribution in [0.1, 0.15) is 16.8 Å². The Labute approximate surface area is 211 Å². The van der Waals surface area contributed by atoms with Crippen LogP contribution >= 0.6 is 24.8 Å². The van der Waals surface area contributed by atoms with E-state index in [2.05, 4.69) is 28.6 Å². The fourth-order valence-electron chi connectivity index (χ4n) is 4.60. The number of pyridine rings is 1. The first-order valence-electron chi connectivity index (χ1n) is 11.0. The lowest BCUT2D eigenvalue weighted by Gasteiger charge is -2.26. The second kappa shape index (κ2) is 11.1. The van der Waals surface area contributed by atoms with Crippen LogP contribution in [-0.4, -0.2) is 38.8 Å². The largest absolute Gasteiger partial charge is 0.489 e. The van der Waals surface area contributed by atoms with Gasteiger partial charge in [-0.3, -0.25) is 14.3 Å². The topological polar surface area (TPSA) is 59.6 Å². The van der Waals surface area contributed by atoms with Crippen molar-refractivity contribution in [2.75, 3.05) is 19.7 Å². The molecule has 0 saturated heterocycles. The zero-order chi connectivity index (χ0) is 22.1. The van der Waals surface area contributed by atoms with E-state index < -0.39 is 0 Å². The molecule has 8 heteroatoms. The smallest absolute Gasteiger partial charge is 0.258 e. The summed E-state index contributed by atoms with van der Waals surface area (Å²) >= 11 is 0. The van der Waals surface area contributed by atoms with Crippen molar-refractivity contribution in [3.8, 4) is 11.4 Å². The van der Waals surface area contributed by atoms with Crippen LogP contribution in [-0.2, 0) is 26.6 Å². The Hall–Kier alpha value is -2.77. The quantitative estimate of drug-likeness (QED) is 0.432. The number of β-amino-alcohol motifs (C(OH)–C–C–N with tert-alkyl or cyclic N) is 1. The molecule has 5 rings (SSSR count). The minimum atomic E-state index is -0.122. The summed E-state index contributed by atoms with van der Waals surface area (Å²) in [5.74, 6) is 0.564. The molecule has 34 heavy (non-hydrogen) atoms. The molecule has 0 radical (unpaired) electrons. The third kappa shape index (κ3) is 5.00. The van der Waals surface area contributed by atoms with Gasteiger partial charge in [0.15, 0.2) is 0 Å².